The second kappa shape index (κ2) is 5.80. The minimum atomic E-state index is -0.0231. The number of carbonyl (C=O) groups is 1. The summed E-state index contributed by atoms with van der Waals surface area (Å²) < 4.78 is 0. The highest BCUT2D eigenvalue weighted by Crippen LogP contribution is 2.06. The molecule has 1 aromatic rings. The summed E-state index contributed by atoms with van der Waals surface area (Å²) in [6, 6.07) is 0.176. The number of amides is 1. The van der Waals surface area contributed by atoms with Crippen LogP contribution in [0.5, 0.6) is 0 Å². The van der Waals surface area contributed by atoms with Gasteiger partial charge in [0.15, 0.2) is 0 Å². The zero-order valence-electron chi connectivity index (χ0n) is 8.85. The van der Waals surface area contributed by atoms with E-state index in [0.29, 0.717) is 12.1 Å². The van der Waals surface area contributed by atoms with E-state index in [4.69, 9.17) is 0 Å². The topological polar surface area (TPSA) is 46.1 Å². The molecule has 0 atom stereocenters. The highest BCUT2D eigenvalue weighted by atomic mass is 79.9. The summed E-state index contributed by atoms with van der Waals surface area (Å²) >= 11 is 3.33. The van der Waals surface area contributed by atoms with Crippen molar-refractivity contribution in [3.05, 3.63) is 24.3 Å². The molecular formula is C10H14BrN3O. The molecule has 15 heavy (non-hydrogen) atoms. The zero-order chi connectivity index (χ0) is 11.3. The fourth-order valence-corrected chi connectivity index (χ4v) is 1.64. The van der Waals surface area contributed by atoms with Crippen LogP contribution in [0.25, 0.3) is 0 Å². The Morgan fingerprint density at radius 1 is 1.47 bits per heavy atom. The van der Waals surface area contributed by atoms with Gasteiger partial charge in [-0.15, -0.1) is 0 Å². The van der Waals surface area contributed by atoms with Crippen molar-refractivity contribution in [2.24, 2.45) is 0 Å². The van der Waals surface area contributed by atoms with Crippen LogP contribution in [0, 0.1) is 0 Å². The third-order valence-corrected chi connectivity index (χ3v) is 2.37. The number of halogens is 1. The third-order valence-electron chi connectivity index (χ3n) is 2.02. The summed E-state index contributed by atoms with van der Waals surface area (Å²) in [5, 5.41) is 0.768. The minimum Gasteiger partial charge on any atom is -0.335 e. The maximum atomic E-state index is 12.0. The quantitative estimate of drug-likeness (QED) is 0.784. The summed E-state index contributed by atoms with van der Waals surface area (Å²) in [5.74, 6) is -0.0231. The zero-order valence-corrected chi connectivity index (χ0v) is 10.4. The van der Waals surface area contributed by atoms with Crippen molar-refractivity contribution in [2.75, 3.05) is 11.9 Å². The lowest BCUT2D eigenvalue weighted by molar-refractivity contribution is 0.0718. The molecule has 0 aliphatic rings. The molecule has 0 aliphatic carbocycles. The van der Waals surface area contributed by atoms with Crippen molar-refractivity contribution in [1.29, 1.82) is 0 Å². The van der Waals surface area contributed by atoms with Crippen molar-refractivity contribution in [3.63, 3.8) is 0 Å². The minimum absolute atomic E-state index is 0.0231. The molecule has 0 bridgehead atoms. The van der Waals surface area contributed by atoms with Crippen LogP contribution < -0.4 is 0 Å². The number of carbonyl (C=O) groups excluding carboxylic acids is 1. The van der Waals surface area contributed by atoms with Gasteiger partial charge in [-0.3, -0.25) is 4.79 Å². The largest absolute Gasteiger partial charge is 0.335 e. The van der Waals surface area contributed by atoms with Crippen LogP contribution in [0.15, 0.2) is 18.7 Å². The molecule has 0 spiro atoms. The molecule has 0 aliphatic heterocycles. The number of hydrogen-bond donors (Lipinski definition) is 0. The van der Waals surface area contributed by atoms with Crippen LogP contribution in [0.4, 0.5) is 0 Å². The summed E-state index contributed by atoms with van der Waals surface area (Å²) in [5.41, 5.74) is 0.534. The molecular weight excluding hydrogens is 258 g/mol. The van der Waals surface area contributed by atoms with Crippen molar-refractivity contribution >= 4 is 21.8 Å². The first-order valence-corrected chi connectivity index (χ1v) is 5.91. The predicted molar refractivity (Wildman–Crippen MR) is 62.0 cm³/mol. The first kappa shape index (κ1) is 12.1. The van der Waals surface area contributed by atoms with Gasteiger partial charge in [0.1, 0.15) is 6.33 Å². The molecule has 5 heteroatoms. The van der Waals surface area contributed by atoms with E-state index in [1.54, 1.807) is 17.3 Å². The number of nitrogens with zero attached hydrogens (tertiary/aromatic N) is 3. The van der Waals surface area contributed by atoms with E-state index in [9.17, 15) is 4.79 Å². The third kappa shape index (κ3) is 3.27. The lowest BCUT2D eigenvalue weighted by Crippen LogP contribution is -2.38. The van der Waals surface area contributed by atoms with Crippen molar-refractivity contribution in [1.82, 2.24) is 14.9 Å². The second-order valence-corrected chi connectivity index (χ2v) is 4.20. The van der Waals surface area contributed by atoms with Gasteiger partial charge in [-0.05, 0) is 13.8 Å². The Bertz CT molecular complexity index is 316. The maximum Gasteiger partial charge on any atom is 0.257 e. The van der Waals surface area contributed by atoms with Crippen molar-refractivity contribution in [3.8, 4) is 0 Å². The van der Waals surface area contributed by atoms with Gasteiger partial charge in [0.2, 0.25) is 0 Å². The van der Waals surface area contributed by atoms with Crippen LogP contribution in [0.1, 0.15) is 24.2 Å². The van der Waals surface area contributed by atoms with Gasteiger partial charge in [-0.1, -0.05) is 15.9 Å². The van der Waals surface area contributed by atoms with E-state index in [2.05, 4.69) is 25.9 Å². The molecule has 0 N–H and O–H groups in total. The predicted octanol–water partition coefficient (Wildman–Crippen LogP) is 1.72. The number of aromatic nitrogens is 2. The van der Waals surface area contributed by atoms with Gasteiger partial charge in [0.05, 0.1) is 5.56 Å². The smallest absolute Gasteiger partial charge is 0.257 e. The molecule has 0 fully saturated rings. The van der Waals surface area contributed by atoms with Gasteiger partial charge < -0.3 is 4.90 Å². The monoisotopic (exact) mass is 271 g/mol. The Morgan fingerprint density at radius 2 is 2.07 bits per heavy atom. The Labute approximate surface area is 97.8 Å². The SMILES string of the molecule is CC(C)N(CCBr)C(=O)c1cncnc1. The van der Waals surface area contributed by atoms with Gasteiger partial charge in [0, 0.05) is 30.3 Å². The summed E-state index contributed by atoms with van der Waals surface area (Å²) in [6.07, 6.45) is 4.50. The fraction of sp³-hybridized carbons (Fsp3) is 0.500. The molecule has 0 saturated carbocycles. The van der Waals surface area contributed by atoms with Crippen LogP contribution in [0.2, 0.25) is 0 Å². The van der Waals surface area contributed by atoms with Gasteiger partial charge in [0.25, 0.3) is 5.91 Å². The van der Waals surface area contributed by atoms with Crippen LogP contribution in [0.3, 0.4) is 0 Å². The molecule has 1 aromatic heterocycles. The summed E-state index contributed by atoms with van der Waals surface area (Å²) in [4.78, 5) is 21.5. The summed E-state index contributed by atoms with van der Waals surface area (Å²) in [7, 11) is 0. The molecule has 1 heterocycles. The van der Waals surface area contributed by atoms with Gasteiger partial charge >= 0.3 is 0 Å². The van der Waals surface area contributed by atoms with E-state index in [1.807, 2.05) is 13.8 Å². The Kier molecular flexibility index (Phi) is 4.68. The van der Waals surface area contributed by atoms with Crippen molar-refractivity contribution < 1.29 is 4.79 Å². The fourth-order valence-electron chi connectivity index (χ4n) is 1.26. The van der Waals surface area contributed by atoms with E-state index < -0.39 is 0 Å². The average Bonchev–Trinajstić information content (AvgIpc) is 2.26. The van der Waals surface area contributed by atoms with E-state index >= 15 is 0 Å². The number of rotatable bonds is 4. The van der Waals surface area contributed by atoms with Gasteiger partial charge in [-0.2, -0.15) is 0 Å². The first-order valence-electron chi connectivity index (χ1n) is 4.78. The molecule has 1 rings (SSSR count). The highest BCUT2D eigenvalue weighted by molar-refractivity contribution is 9.09. The maximum absolute atomic E-state index is 12.0. The summed E-state index contributed by atoms with van der Waals surface area (Å²) in [6.45, 7) is 4.67. The van der Waals surface area contributed by atoms with Crippen LogP contribution in [-0.4, -0.2) is 38.7 Å². The van der Waals surface area contributed by atoms with E-state index in [1.165, 1.54) is 6.33 Å². The standard InChI is InChI=1S/C10H14BrN3O/c1-8(2)14(4-3-11)10(15)9-5-12-7-13-6-9/h5-8H,3-4H2,1-2H3. The Hall–Kier alpha value is -0.970. The van der Waals surface area contributed by atoms with Gasteiger partial charge in [-0.25, -0.2) is 9.97 Å². The number of hydrogen-bond acceptors (Lipinski definition) is 3. The van der Waals surface area contributed by atoms with Crippen LogP contribution >= 0.6 is 15.9 Å². The molecule has 82 valence electrons. The van der Waals surface area contributed by atoms with E-state index in [-0.39, 0.29) is 11.9 Å². The lowest BCUT2D eigenvalue weighted by Gasteiger charge is -2.25. The Morgan fingerprint density at radius 3 is 2.53 bits per heavy atom. The van der Waals surface area contributed by atoms with E-state index in [0.717, 1.165) is 5.33 Å². The molecule has 4 nitrogen and oxygen atoms in total. The molecule has 0 saturated heterocycles. The Balaban J connectivity index is 2.81. The second-order valence-electron chi connectivity index (χ2n) is 3.41. The molecule has 0 radical (unpaired) electrons. The lowest BCUT2D eigenvalue weighted by atomic mass is 10.2. The molecule has 0 unspecified atom stereocenters. The first-order chi connectivity index (χ1) is 7.16. The normalized spacial score (nSPS) is 10.4. The number of alkyl halides is 1. The van der Waals surface area contributed by atoms with Crippen molar-refractivity contribution in [2.45, 2.75) is 19.9 Å². The highest BCUT2D eigenvalue weighted by Gasteiger charge is 2.18. The average molecular weight is 272 g/mol. The van der Waals surface area contributed by atoms with Crippen LogP contribution in [-0.2, 0) is 0 Å². The molecule has 1 amide bonds. The molecule has 0 aromatic carbocycles.